The van der Waals surface area contributed by atoms with Crippen LogP contribution in [0.2, 0.25) is 0 Å². The number of hydrogen-bond donors (Lipinski definition) is 0. The van der Waals surface area contributed by atoms with Gasteiger partial charge in [0.15, 0.2) is 0 Å². The zero-order chi connectivity index (χ0) is 75.6. The van der Waals surface area contributed by atoms with E-state index in [1.54, 1.807) is 54.6 Å². The molecule has 0 saturated heterocycles. The van der Waals surface area contributed by atoms with Gasteiger partial charge in [0.05, 0.1) is 63.9 Å². The fraction of sp³-hybridized carbons (Fsp3) is 0. The van der Waals surface area contributed by atoms with Crippen molar-refractivity contribution in [3.63, 3.8) is 0 Å². The van der Waals surface area contributed by atoms with Crippen LogP contribution < -0.4 is 30.5 Å². The molecule has 18 aromatic rings. The second-order valence-corrected chi connectivity index (χ2v) is 31.2. The SMILES string of the molecule is O=c1c2ccc(-c3ccc(N(c4ccccc4)c4ccccc4)cc3)cc2oc2ccc(-c3ccc(N(c4ccccc4)c4ccccc4)cc3)cc12.O=c1c2ccc(-c3ccc(N4c5ccccc5S(=O)(=O)c5ccccc54)cc3)cc2oc2ccc(-c3ccc(N4c5ccccc5S(=O)(=O)c5ccccc54)cc3)cc12. The summed E-state index contributed by atoms with van der Waals surface area (Å²) in [6, 6.07) is 125. The Bertz CT molecular complexity index is 6890. The molecule has 2 aromatic heterocycles. The van der Waals surface area contributed by atoms with Gasteiger partial charge in [0.1, 0.15) is 22.3 Å². The van der Waals surface area contributed by atoms with Crippen LogP contribution >= 0.6 is 0 Å². The van der Waals surface area contributed by atoms with Crippen LogP contribution in [0.25, 0.3) is 88.4 Å². The average molecular weight is 1490 g/mol. The molecule has 112 heavy (non-hydrogen) atoms. The maximum atomic E-state index is 14.0. The van der Waals surface area contributed by atoms with Crippen molar-refractivity contribution in [2.75, 3.05) is 19.6 Å². The molecule has 16 aromatic carbocycles. The van der Waals surface area contributed by atoms with E-state index in [1.165, 1.54) is 0 Å². The Labute approximate surface area is 645 Å². The van der Waals surface area contributed by atoms with Crippen LogP contribution in [-0.2, 0) is 19.7 Å². The first-order valence-electron chi connectivity index (χ1n) is 36.6. The number of benzene rings is 16. The molecule has 0 aliphatic carbocycles. The van der Waals surface area contributed by atoms with Gasteiger partial charge in [-0.2, -0.15) is 0 Å². The van der Waals surface area contributed by atoms with Crippen LogP contribution in [0.4, 0.5) is 68.2 Å². The van der Waals surface area contributed by atoms with E-state index < -0.39 is 19.7 Å². The quantitative estimate of drug-likeness (QED) is 0.107. The molecule has 0 spiro atoms. The summed E-state index contributed by atoms with van der Waals surface area (Å²) >= 11 is 0. The fourth-order valence-corrected chi connectivity index (χ4v) is 18.6. The standard InChI is InChI=1S/C49H30N2O6S2.C49H34N2O2/c52-49-37-27-21-34(32-19-25-36(26-20-32)51-41-11-3-7-15-47(41)59(55,56)48-16-8-4-12-42(48)51)30-44(37)57-43-28-22-33(29-38(43)49)31-17-23-35(24-18-31)50-39-9-1-5-13-45(39)58(53,54)46-14-6-2-10-40(46)50;52-49-45-31-25-38(36-23-29-44(30-24-36)51(41-17-9-3-10-18-41)42-19-11-4-12-20-42)34-48(45)53-47-32-26-37(33-46(47)49)35-21-27-43(28-22-35)50(39-13-5-1-6-14-39)40-15-7-2-8-16-40/h1-30H;1-34H. The van der Waals surface area contributed by atoms with Crippen LogP contribution in [0.5, 0.6) is 0 Å². The van der Waals surface area contributed by atoms with Gasteiger partial charge < -0.3 is 28.4 Å². The number of sulfone groups is 2. The van der Waals surface area contributed by atoms with Crippen molar-refractivity contribution in [1.82, 2.24) is 0 Å². The summed E-state index contributed by atoms with van der Waals surface area (Å²) in [6.45, 7) is 0. The van der Waals surface area contributed by atoms with Crippen LogP contribution in [0.3, 0.4) is 0 Å². The Morgan fingerprint density at radius 3 is 0.759 bits per heavy atom. The highest BCUT2D eigenvalue weighted by atomic mass is 32.2. The van der Waals surface area contributed by atoms with Crippen molar-refractivity contribution >= 4 is 132 Å². The fourth-order valence-electron chi connectivity index (χ4n) is 15.4. The summed E-state index contributed by atoms with van der Waals surface area (Å²) in [5.41, 5.74) is 19.8. The van der Waals surface area contributed by atoms with Gasteiger partial charge >= 0.3 is 0 Å². The smallest absolute Gasteiger partial charge is 0.210 e. The summed E-state index contributed by atoms with van der Waals surface area (Å²) < 4.78 is 66.6. The Hall–Kier alpha value is -14.4. The lowest BCUT2D eigenvalue weighted by Crippen LogP contribution is -2.21. The van der Waals surface area contributed by atoms with E-state index in [4.69, 9.17) is 8.83 Å². The Kier molecular flexibility index (Phi) is 17.0. The molecular weight excluding hydrogens is 1430 g/mol. The Morgan fingerprint density at radius 1 is 0.214 bits per heavy atom. The van der Waals surface area contributed by atoms with E-state index in [2.05, 4.69) is 155 Å². The first kappa shape index (κ1) is 68.1. The first-order chi connectivity index (χ1) is 54.9. The van der Waals surface area contributed by atoms with Crippen molar-refractivity contribution in [2.45, 2.75) is 19.6 Å². The van der Waals surface area contributed by atoms with Crippen molar-refractivity contribution in [2.24, 2.45) is 0 Å². The lowest BCUT2D eigenvalue weighted by Gasteiger charge is -2.33. The summed E-state index contributed by atoms with van der Waals surface area (Å²) in [6.07, 6.45) is 0. The van der Waals surface area contributed by atoms with Gasteiger partial charge in [-0.05, 0) is 239 Å². The molecule has 14 heteroatoms. The monoisotopic (exact) mass is 1490 g/mol. The minimum atomic E-state index is -3.67. The van der Waals surface area contributed by atoms with E-state index >= 15 is 0 Å². The minimum absolute atomic E-state index is 0.0395. The molecular formula is C98H64N4O8S2. The van der Waals surface area contributed by atoms with Gasteiger partial charge in [-0.1, -0.05) is 194 Å². The van der Waals surface area contributed by atoms with Crippen molar-refractivity contribution < 1.29 is 25.7 Å². The number of para-hydroxylation sites is 8. The molecule has 0 amide bonds. The zero-order valence-corrected chi connectivity index (χ0v) is 61.5. The maximum absolute atomic E-state index is 14.0. The van der Waals surface area contributed by atoms with E-state index in [-0.39, 0.29) is 30.4 Å². The molecule has 12 nitrogen and oxygen atoms in total. The Morgan fingerprint density at radius 2 is 0.455 bits per heavy atom. The number of rotatable bonds is 12. The average Bonchev–Trinajstić information content (AvgIpc) is 0.731. The molecule has 536 valence electrons. The van der Waals surface area contributed by atoms with E-state index in [1.807, 2.05) is 198 Å². The van der Waals surface area contributed by atoms with Gasteiger partial charge in [-0.25, -0.2) is 16.8 Å². The maximum Gasteiger partial charge on any atom is 0.210 e. The highest BCUT2D eigenvalue weighted by Crippen LogP contribution is 2.51. The third-order valence-corrected chi connectivity index (χ3v) is 24.5. The van der Waals surface area contributed by atoms with Crippen molar-refractivity contribution in [1.29, 1.82) is 0 Å². The predicted molar refractivity (Wildman–Crippen MR) is 451 cm³/mol. The number of hydrogen-bond acceptors (Lipinski definition) is 12. The van der Waals surface area contributed by atoms with E-state index in [0.717, 1.165) is 90.0 Å². The minimum Gasteiger partial charge on any atom is -0.456 e. The third-order valence-electron chi connectivity index (χ3n) is 20.8. The van der Waals surface area contributed by atoms with E-state index in [0.29, 0.717) is 66.6 Å². The highest BCUT2D eigenvalue weighted by Gasteiger charge is 2.36. The van der Waals surface area contributed by atoms with Crippen molar-refractivity contribution in [3.8, 4) is 44.5 Å². The highest BCUT2D eigenvalue weighted by molar-refractivity contribution is 7.92. The molecule has 0 N–H and O–H groups in total. The molecule has 0 unspecified atom stereocenters. The normalized spacial score (nSPS) is 13.0. The molecule has 2 aliphatic heterocycles. The number of anilines is 12. The third kappa shape index (κ3) is 12.1. The number of nitrogens with zero attached hydrogens (tertiary/aromatic N) is 4. The first-order valence-corrected chi connectivity index (χ1v) is 39.5. The molecule has 0 bridgehead atoms. The molecule has 0 saturated carbocycles. The molecule has 2 aliphatic rings. The van der Waals surface area contributed by atoms with Crippen LogP contribution in [0, 0.1) is 0 Å². The van der Waals surface area contributed by atoms with Crippen LogP contribution in [0.1, 0.15) is 0 Å². The summed E-state index contributed by atoms with van der Waals surface area (Å²) in [5, 5.41) is 2.05. The molecule has 0 radical (unpaired) electrons. The van der Waals surface area contributed by atoms with Gasteiger partial charge in [-0.15, -0.1) is 0 Å². The predicted octanol–water partition coefficient (Wildman–Crippen LogP) is 24.7. The molecule has 0 atom stereocenters. The van der Waals surface area contributed by atoms with Gasteiger partial charge in [-0.3, -0.25) is 9.59 Å². The van der Waals surface area contributed by atoms with E-state index in [9.17, 15) is 26.4 Å². The van der Waals surface area contributed by atoms with Gasteiger partial charge in [0, 0.05) is 45.5 Å². The number of fused-ring (bicyclic) bond motifs is 8. The zero-order valence-electron chi connectivity index (χ0n) is 59.8. The topological polar surface area (TPSA) is 142 Å². The summed E-state index contributed by atoms with van der Waals surface area (Å²) in [4.78, 5) is 37.3. The lowest BCUT2D eigenvalue weighted by atomic mass is 10.0. The Balaban J connectivity index is 0.000000152. The summed E-state index contributed by atoms with van der Waals surface area (Å²) in [7, 11) is -7.34. The second kappa shape index (κ2) is 28.0. The molecule has 20 rings (SSSR count). The second-order valence-electron chi connectivity index (χ2n) is 27.5. The molecule has 0 fully saturated rings. The molecule has 4 heterocycles. The van der Waals surface area contributed by atoms with Crippen LogP contribution in [-0.4, -0.2) is 16.8 Å². The largest absolute Gasteiger partial charge is 0.456 e. The van der Waals surface area contributed by atoms with Gasteiger partial charge in [0.25, 0.3) is 0 Å². The van der Waals surface area contributed by atoms with Crippen molar-refractivity contribution in [3.05, 3.63) is 409 Å². The summed E-state index contributed by atoms with van der Waals surface area (Å²) in [5.74, 6) is 0. The van der Waals surface area contributed by atoms with Crippen LogP contribution in [0.15, 0.2) is 426 Å². The van der Waals surface area contributed by atoms with Gasteiger partial charge in [0.2, 0.25) is 30.5 Å². The lowest BCUT2D eigenvalue weighted by molar-refractivity contribution is 0.593.